The minimum atomic E-state index is -0.693. The molecule has 0 aliphatic carbocycles. The van der Waals surface area contributed by atoms with E-state index in [-0.39, 0.29) is 22.7 Å². The Morgan fingerprint density at radius 1 is 1.27 bits per heavy atom. The van der Waals surface area contributed by atoms with E-state index < -0.39 is 33.9 Å². The molecule has 2 rings (SSSR count). The Labute approximate surface area is 154 Å². The number of hydrogen-bond donors (Lipinski definition) is 2. The number of nitrogens with one attached hydrogen (secondary N) is 1. The Balaban J connectivity index is 2.54. The van der Waals surface area contributed by atoms with Gasteiger partial charge < -0.3 is 10.4 Å². The lowest BCUT2D eigenvalue weighted by molar-refractivity contribution is -0.392. The van der Waals surface area contributed by atoms with Gasteiger partial charge >= 0.3 is 5.69 Å². The maximum atomic E-state index is 11.5. The van der Waals surface area contributed by atoms with Crippen LogP contribution in [-0.4, -0.2) is 19.9 Å². The van der Waals surface area contributed by atoms with Gasteiger partial charge in [-0.1, -0.05) is 13.8 Å². The summed E-state index contributed by atoms with van der Waals surface area (Å²) in [5.74, 6) is 0.246. The molecule has 0 saturated carbocycles. The summed E-state index contributed by atoms with van der Waals surface area (Å²) in [6.07, 6.45) is 0. The van der Waals surface area contributed by atoms with E-state index in [2.05, 4.69) is 10.3 Å². The molecule has 1 unspecified atom stereocenters. The molecule has 1 heterocycles. The van der Waals surface area contributed by atoms with Crippen molar-refractivity contribution in [1.29, 1.82) is 0 Å². The smallest absolute Gasteiger partial charge is 0.302 e. The highest BCUT2D eigenvalue weighted by atomic mass is 32.1. The van der Waals surface area contributed by atoms with E-state index in [9.17, 15) is 25.3 Å². The van der Waals surface area contributed by atoms with Crippen molar-refractivity contribution in [2.75, 3.05) is 5.32 Å². The summed E-state index contributed by atoms with van der Waals surface area (Å²) >= 11 is 1.47. The van der Waals surface area contributed by atoms with Crippen LogP contribution in [-0.2, 0) is 6.61 Å². The number of aromatic nitrogens is 1. The summed E-state index contributed by atoms with van der Waals surface area (Å²) in [6.45, 7) is 6.69. The van der Waals surface area contributed by atoms with E-state index in [1.807, 2.05) is 19.2 Å². The van der Waals surface area contributed by atoms with Crippen molar-refractivity contribution < 1.29 is 15.0 Å². The second kappa shape index (κ2) is 7.75. The molecule has 1 atom stereocenters. The van der Waals surface area contributed by atoms with Gasteiger partial charge in [0.1, 0.15) is 0 Å². The highest BCUT2D eigenvalue weighted by Gasteiger charge is 2.31. The largest absolute Gasteiger partial charge is 0.392 e. The number of rotatable bonds is 7. The standard InChI is InChI=1S/C16H20N4O5S/c1-8(2)16-18-12(7-26-16)10(4)17-14-13(19(22)23)5-11(6-21)9(3)15(14)20(24)25/h5,7-8,10,17,21H,6H2,1-4H3. The van der Waals surface area contributed by atoms with Gasteiger partial charge in [0.25, 0.3) is 5.69 Å². The van der Waals surface area contributed by atoms with Crippen LogP contribution >= 0.6 is 11.3 Å². The molecule has 0 aliphatic heterocycles. The topological polar surface area (TPSA) is 131 Å². The molecule has 0 spiro atoms. The van der Waals surface area contributed by atoms with E-state index >= 15 is 0 Å². The fourth-order valence-corrected chi connectivity index (χ4v) is 3.47. The van der Waals surface area contributed by atoms with Crippen LogP contribution in [0.2, 0.25) is 0 Å². The summed E-state index contributed by atoms with van der Waals surface area (Å²) in [5, 5.41) is 38.0. The average Bonchev–Trinajstić information content (AvgIpc) is 3.04. The van der Waals surface area contributed by atoms with Gasteiger partial charge in [-0.15, -0.1) is 11.3 Å². The first kappa shape index (κ1) is 19.7. The summed E-state index contributed by atoms with van der Waals surface area (Å²) < 4.78 is 0. The summed E-state index contributed by atoms with van der Waals surface area (Å²) in [7, 11) is 0. The molecule has 0 saturated heterocycles. The predicted octanol–water partition coefficient (Wildman–Crippen LogP) is 4.06. The van der Waals surface area contributed by atoms with Crippen LogP contribution in [0.3, 0.4) is 0 Å². The first-order valence-corrected chi connectivity index (χ1v) is 8.83. The van der Waals surface area contributed by atoms with Crippen LogP contribution in [0.4, 0.5) is 17.1 Å². The molecule has 0 bridgehead atoms. The van der Waals surface area contributed by atoms with Gasteiger partial charge in [-0.05, 0) is 19.4 Å². The van der Waals surface area contributed by atoms with Crippen molar-refractivity contribution in [3.05, 3.63) is 53.5 Å². The molecule has 0 aliphatic rings. The number of anilines is 1. The van der Waals surface area contributed by atoms with Crippen molar-refractivity contribution in [2.45, 2.75) is 46.3 Å². The fourth-order valence-electron chi connectivity index (χ4n) is 2.54. The van der Waals surface area contributed by atoms with Crippen LogP contribution in [0.5, 0.6) is 0 Å². The molecule has 9 nitrogen and oxygen atoms in total. The molecule has 0 radical (unpaired) electrons. The van der Waals surface area contributed by atoms with Crippen LogP contribution in [0.25, 0.3) is 0 Å². The number of thiazole rings is 1. The van der Waals surface area contributed by atoms with Crippen molar-refractivity contribution in [2.24, 2.45) is 0 Å². The van der Waals surface area contributed by atoms with Crippen LogP contribution in [0.1, 0.15) is 54.6 Å². The normalized spacial score (nSPS) is 12.2. The molecule has 0 amide bonds. The van der Waals surface area contributed by atoms with Gasteiger partial charge in [0, 0.05) is 22.9 Å². The van der Waals surface area contributed by atoms with Crippen molar-refractivity contribution in [3.8, 4) is 0 Å². The van der Waals surface area contributed by atoms with E-state index in [1.54, 1.807) is 6.92 Å². The maximum absolute atomic E-state index is 11.5. The lowest BCUT2D eigenvalue weighted by atomic mass is 10.0. The molecule has 140 valence electrons. The molecule has 1 aromatic carbocycles. The average molecular weight is 380 g/mol. The highest BCUT2D eigenvalue weighted by Crippen LogP contribution is 2.41. The van der Waals surface area contributed by atoms with Gasteiger partial charge in [-0.25, -0.2) is 4.98 Å². The zero-order valence-electron chi connectivity index (χ0n) is 14.8. The second-order valence-electron chi connectivity index (χ2n) is 6.21. The maximum Gasteiger partial charge on any atom is 0.302 e. The summed E-state index contributed by atoms with van der Waals surface area (Å²) in [6, 6.07) is 0.702. The Bertz CT molecular complexity index is 849. The third-order valence-corrected chi connectivity index (χ3v) is 5.19. The number of aliphatic hydroxyl groups excluding tert-OH is 1. The number of hydrogen-bond acceptors (Lipinski definition) is 8. The molecular formula is C16H20N4O5S. The molecule has 1 aromatic heterocycles. The van der Waals surface area contributed by atoms with Gasteiger partial charge in [0.15, 0.2) is 5.69 Å². The lowest BCUT2D eigenvalue weighted by Crippen LogP contribution is -2.12. The molecule has 2 N–H and O–H groups in total. The number of nitro benzene ring substituents is 2. The Morgan fingerprint density at radius 2 is 1.92 bits per heavy atom. The van der Waals surface area contributed by atoms with E-state index in [0.717, 1.165) is 11.1 Å². The summed E-state index contributed by atoms with van der Waals surface area (Å²) in [5.41, 5.74) is -0.0318. The van der Waals surface area contributed by atoms with Crippen LogP contribution in [0.15, 0.2) is 11.4 Å². The van der Waals surface area contributed by atoms with E-state index in [1.165, 1.54) is 18.3 Å². The number of benzene rings is 1. The number of nitrogens with zero attached hydrogens (tertiary/aromatic N) is 3. The second-order valence-corrected chi connectivity index (χ2v) is 7.10. The predicted molar refractivity (Wildman–Crippen MR) is 98.7 cm³/mol. The zero-order valence-corrected chi connectivity index (χ0v) is 15.7. The van der Waals surface area contributed by atoms with Crippen LogP contribution < -0.4 is 5.32 Å². The monoisotopic (exact) mass is 380 g/mol. The number of nitro groups is 2. The highest BCUT2D eigenvalue weighted by molar-refractivity contribution is 7.09. The van der Waals surface area contributed by atoms with Crippen molar-refractivity contribution in [3.63, 3.8) is 0 Å². The lowest BCUT2D eigenvalue weighted by Gasteiger charge is -2.16. The fraction of sp³-hybridized carbons (Fsp3) is 0.438. The third-order valence-electron chi connectivity index (χ3n) is 4.03. The third kappa shape index (κ3) is 3.81. The zero-order chi connectivity index (χ0) is 19.6. The van der Waals surface area contributed by atoms with Crippen molar-refractivity contribution >= 4 is 28.4 Å². The molecule has 0 fully saturated rings. The first-order valence-electron chi connectivity index (χ1n) is 7.95. The van der Waals surface area contributed by atoms with Gasteiger partial charge in [0.2, 0.25) is 0 Å². The van der Waals surface area contributed by atoms with Gasteiger partial charge in [-0.2, -0.15) is 0 Å². The van der Waals surface area contributed by atoms with Crippen molar-refractivity contribution in [1.82, 2.24) is 4.98 Å². The van der Waals surface area contributed by atoms with Crippen LogP contribution in [0, 0.1) is 27.2 Å². The van der Waals surface area contributed by atoms with E-state index in [0.29, 0.717) is 5.69 Å². The quantitative estimate of drug-likeness (QED) is 0.547. The minimum Gasteiger partial charge on any atom is -0.392 e. The molecule has 10 heteroatoms. The Kier molecular flexibility index (Phi) is 5.88. The first-order chi connectivity index (χ1) is 12.2. The molecule has 2 aromatic rings. The van der Waals surface area contributed by atoms with Gasteiger partial charge in [-0.3, -0.25) is 20.2 Å². The minimum absolute atomic E-state index is 0.150. The molecular weight excluding hydrogens is 360 g/mol. The Hall–Kier alpha value is -2.59. The molecule has 26 heavy (non-hydrogen) atoms. The number of aliphatic hydroxyl groups is 1. The Morgan fingerprint density at radius 3 is 2.38 bits per heavy atom. The van der Waals surface area contributed by atoms with E-state index in [4.69, 9.17) is 0 Å². The summed E-state index contributed by atoms with van der Waals surface area (Å²) in [4.78, 5) is 26.1. The van der Waals surface area contributed by atoms with Gasteiger partial charge in [0.05, 0.1) is 33.2 Å². The SMILES string of the molecule is Cc1c(CO)cc([N+](=O)[O-])c(NC(C)c2csc(C(C)C)n2)c1[N+](=O)[O-].